The molecule has 0 aliphatic heterocycles. The molecule has 2 heterocycles. The molecule has 0 aliphatic rings. The van der Waals surface area contributed by atoms with E-state index in [-0.39, 0.29) is 0 Å². The fourth-order valence-electron chi connectivity index (χ4n) is 4.85. The van der Waals surface area contributed by atoms with Gasteiger partial charge in [-0.25, -0.2) is 0 Å². The number of benzene rings is 5. The van der Waals surface area contributed by atoms with Crippen molar-refractivity contribution >= 4 is 43.7 Å². The molecular formula is C30H19NO. The van der Waals surface area contributed by atoms with Gasteiger partial charge >= 0.3 is 0 Å². The van der Waals surface area contributed by atoms with Crippen LogP contribution >= 0.6 is 0 Å². The molecule has 1 N–H and O–H groups in total. The Balaban J connectivity index is 1.52. The molecule has 150 valence electrons. The second kappa shape index (κ2) is 6.60. The van der Waals surface area contributed by atoms with Crippen molar-refractivity contribution in [1.82, 2.24) is 4.98 Å². The summed E-state index contributed by atoms with van der Waals surface area (Å²) < 4.78 is 6.22. The molecule has 5 aromatic carbocycles. The topological polar surface area (TPSA) is 28.9 Å². The summed E-state index contributed by atoms with van der Waals surface area (Å²) in [5, 5.41) is 4.74. The zero-order chi connectivity index (χ0) is 21.1. The summed E-state index contributed by atoms with van der Waals surface area (Å²) in [7, 11) is 0. The standard InChI is InChI=1S/C30H19NO/c1-3-7-19(8-4-1)21-11-14-26-24(17-21)23-13-16-28-29(30(23)31-26)25-18-22(12-15-27(25)32-28)20-9-5-2-6-10-20/h1-18,31H. The number of aromatic amines is 1. The number of fused-ring (bicyclic) bond motifs is 7. The molecule has 7 rings (SSSR count). The first-order valence-corrected chi connectivity index (χ1v) is 10.9. The Kier molecular flexibility index (Phi) is 3.58. The lowest BCUT2D eigenvalue weighted by atomic mass is 10.0. The van der Waals surface area contributed by atoms with E-state index in [9.17, 15) is 0 Å². The van der Waals surface area contributed by atoms with Crippen LogP contribution in [0.3, 0.4) is 0 Å². The van der Waals surface area contributed by atoms with Gasteiger partial charge in [-0.2, -0.15) is 0 Å². The quantitative estimate of drug-likeness (QED) is 0.304. The Bertz CT molecular complexity index is 1760. The van der Waals surface area contributed by atoms with Crippen LogP contribution in [-0.4, -0.2) is 4.98 Å². The highest BCUT2D eigenvalue weighted by atomic mass is 16.3. The molecular weight excluding hydrogens is 390 g/mol. The van der Waals surface area contributed by atoms with Gasteiger partial charge in [-0.15, -0.1) is 0 Å². The molecule has 0 amide bonds. The summed E-state index contributed by atoms with van der Waals surface area (Å²) in [6.07, 6.45) is 0. The minimum Gasteiger partial charge on any atom is -0.456 e. The van der Waals surface area contributed by atoms with E-state index in [0.717, 1.165) is 33.0 Å². The molecule has 0 fully saturated rings. The predicted molar refractivity (Wildman–Crippen MR) is 134 cm³/mol. The van der Waals surface area contributed by atoms with E-state index in [1.54, 1.807) is 0 Å². The maximum atomic E-state index is 6.22. The first-order valence-electron chi connectivity index (χ1n) is 10.9. The summed E-state index contributed by atoms with van der Waals surface area (Å²) in [6.45, 7) is 0. The van der Waals surface area contributed by atoms with Crippen molar-refractivity contribution < 1.29 is 4.42 Å². The molecule has 0 bridgehead atoms. The molecule has 0 unspecified atom stereocenters. The van der Waals surface area contributed by atoms with Crippen LogP contribution in [0.25, 0.3) is 66.0 Å². The Morgan fingerprint density at radius 2 is 1.09 bits per heavy atom. The molecule has 2 nitrogen and oxygen atoms in total. The fraction of sp³-hybridized carbons (Fsp3) is 0. The summed E-state index contributed by atoms with van der Waals surface area (Å²) in [4.78, 5) is 3.68. The molecule has 0 radical (unpaired) electrons. The highest BCUT2D eigenvalue weighted by Crippen LogP contribution is 2.39. The number of hydrogen-bond donors (Lipinski definition) is 1. The van der Waals surface area contributed by atoms with Crippen molar-refractivity contribution in [3.05, 3.63) is 109 Å². The van der Waals surface area contributed by atoms with Crippen LogP contribution in [0.15, 0.2) is 114 Å². The number of H-pyrrole nitrogens is 1. The van der Waals surface area contributed by atoms with Gasteiger partial charge in [-0.3, -0.25) is 0 Å². The van der Waals surface area contributed by atoms with Gasteiger partial charge in [-0.05, 0) is 58.7 Å². The van der Waals surface area contributed by atoms with Gasteiger partial charge in [0.15, 0.2) is 0 Å². The average Bonchev–Trinajstić information content (AvgIpc) is 3.42. The SMILES string of the molecule is c1ccc(-c2ccc3[nH]c4c(ccc5oc6ccc(-c7ccccc7)cc6c54)c3c2)cc1. The van der Waals surface area contributed by atoms with Crippen molar-refractivity contribution in [2.75, 3.05) is 0 Å². The zero-order valence-corrected chi connectivity index (χ0v) is 17.3. The van der Waals surface area contributed by atoms with Crippen LogP contribution in [0.1, 0.15) is 0 Å². The van der Waals surface area contributed by atoms with Gasteiger partial charge in [0.1, 0.15) is 11.2 Å². The van der Waals surface area contributed by atoms with Gasteiger partial charge < -0.3 is 9.40 Å². The average molecular weight is 409 g/mol. The molecule has 0 saturated carbocycles. The van der Waals surface area contributed by atoms with E-state index < -0.39 is 0 Å². The highest BCUT2D eigenvalue weighted by molar-refractivity contribution is 6.24. The predicted octanol–water partition coefficient (Wildman–Crippen LogP) is 8.55. The maximum Gasteiger partial charge on any atom is 0.137 e. The van der Waals surface area contributed by atoms with Gasteiger partial charge in [0.05, 0.1) is 10.9 Å². The smallest absolute Gasteiger partial charge is 0.137 e. The van der Waals surface area contributed by atoms with E-state index in [0.29, 0.717) is 0 Å². The van der Waals surface area contributed by atoms with E-state index in [1.165, 1.54) is 33.0 Å². The van der Waals surface area contributed by atoms with Crippen molar-refractivity contribution in [2.45, 2.75) is 0 Å². The van der Waals surface area contributed by atoms with Crippen molar-refractivity contribution in [3.63, 3.8) is 0 Å². The number of hydrogen-bond acceptors (Lipinski definition) is 1. The summed E-state index contributed by atoms with van der Waals surface area (Å²) in [5.74, 6) is 0. The Labute approximate surface area is 184 Å². The largest absolute Gasteiger partial charge is 0.456 e. The third-order valence-electron chi connectivity index (χ3n) is 6.42. The van der Waals surface area contributed by atoms with Gasteiger partial charge in [0, 0.05) is 21.7 Å². The highest BCUT2D eigenvalue weighted by Gasteiger charge is 2.15. The normalized spacial score (nSPS) is 11.8. The monoisotopic (exact) mass is 409 g/mol. The fourth-order valence-corrected chi connectivity index (χ4v) is 4.85. The second-order valence-electron chi connectivity index (χ2n) is 8.29. The molecule has 0 spiro atoms. The van der Waals surface area contributed by atoms with Crippen LogP contribution in [0, 0.1) is 0 Å². The van der Waals surface area contributed by atoms with Crippen LogP contribution < -0.4 is 0 Å². The van der Waals surface area contributed by atoms with E-state index >= 15 is 0 Å². The molecule has 0 saturated heterocycles. The molecule has 0 atom stereocenters. The van der Waals surface area contributed by atoms with E-state index in [1.807, 2.05) is 6.07 Å². The van der Waals surface area contributed by atoms with E-state index in [4.69, 9.17) is 4.42 Å². The van der Waals surface area contributed by atoms with Crippen LogP contribution in [0.5, 0.6) is 0 Å². The molecule has 0 aliphatic carbocycles. The number of nitrogens with one attached hydrogen (secondary N) is 1. The molecule has 7 aromatic rings. The van der Waals surface area contributed by atoms with Gasteiger partial charge in [-0.1, -0.05) is 72.8 Å². The van der Waals surface area contributed by atoms with Crippen molar-refractivity contribution in [1.29, 1.82) is 0 Å². The summed E-state index contributed by atoms with van der Waals surface area (Å²) in [6, 6.07) is 38.4. The Morgan fingerprint density at radius 3 is 1.81 bits per heavy atom. The molecule has 2 aromatic heterocycles. The van der Waals surface area contributed by atoms with E-state index in [2.05, 4.69) is 108 Å². The van der Waals surface area contributed by atoms with Crippen molar-refractivity contribution in [3.8, 4) is 22.3 Å². The van der Waals surface area contributed by atoms with Gasteiger partial charge in [0.25, 0.3) is 0 Å². The minimum atomic E-state index is 0.910. The second-order valence-corrected chi connectivity index (χ2v) is 8.29. The summed E-state index contributed by atoms with van der Waals surface area (Å²) >= 11 is 0. The lowest BCUT2D eigenvalue weighted by molar-refractivity contribution is 0.669. The number of rotatable bonds is 2. The first-order chi connectivity index (χ1) is 15.8. The molecule has 32 heavy (non-hydrogen) atoms. The lowest BCUT2D eigenvalue weighted by Gasteiger charge is -2.02. The molecule has 2 heteroatoms. The Morgan fingerprint density at radius 1 is 0.469 bits per heavy atom. The van der Waals surface area contributed by atoms with Crippen LogP contribution in [0.4, 0.5) is 0 Å². The van der Waals surface area contributed by atoms with Crippen molar-refractivity contribution in [2.24, 2.45) is 0 Å². The Hall–Kier alpha value is -4.30. The van der Waals surface area contributed by atoms with Crippen LogP contribution in [-0.2, 0) is 0 Å². The summed E-state index contributed by atoms with van der Waals surface area (Å²) in [5.41, 5.74) is 8.95. The third kappa shape index (κ3) is 2.53. The number of aromatic nitrogens is 1. The lowest BCUT2D eigenvalue weighted by Crippen LogP contribution is -1.77. The first kappa shape index (κ1) is 17.4. The zero-order valence-electron chi connectivity index (χ0n) is 17.3. The third-order valence-corrected chi connectivity index (χ3v) is 6.42. The maximum absolute atomic E-state index is 6.22. The minimum absolute atomic E-state index is 0.910. The van der Waals surface area contributed by atoms with Gasteiger partial charge in [0.2, 0.25) is 0 Å². The van der Waals surface area contributed by atoms with Crippen LogP contribution in [0.2, 0.25) is 0 Å². The number of furan rings is 1.